The molecule has 2 atom stereocenters. The topological polar surface area (TPSA) is 108 Å². The van der Waals surface area contributed by atoms with Crippen molar-refractivity contribution in [1.82, 2.24) is 0 Å². The number of carboxylic acids is 1. The standard InChI is InChI=1S/C57H103NO8/c1-6-8-10-12-14-16-18-20-22-23-24-25-26-27-28-29-30-31-32-34-35-37-39-41-43-45-47-54(59)64-51-53(52-65-57(56(61)62)63-50-49-58(3,4)5)66-55(60)48-46-44-42-40-38-36-33-21-19-17-15-13-11-9-7-2/h9,11,15,17,21,33,38,40,53,57H,6-8,10,12-14,16,18-20,22-32,34-37,39,41-52H2,1-5H3/p+1/b11-9-,17-15-,33-21-,40-38-. The van der Waals surface area contributed by atoms with E-state index in [1.165, 1.54) is 148 Å². The van der Waals surface area contributed by atoms with E-state index in [0.717, 1.165) is 57.8 Å². The molecular formula is C57H104NO8+. The molecular weight excluding hydrogens is 827 g/mol. The third-order valence-electron chi connectivity index (χ3n) is 11.8. The van der Waals surface area contributed by atoms with Crippen LogP contribution in [0.25, 0.3) is 0 Å². The van der Waals surface area contributed by atoms with Crippen molar-refractivity contribution in [3.8, 4) is 0 Å². The average Bonchev–Trinajstić information content (AvgIpc) is 3.28. The van der Waals surface area contributed by atoms with Crippen LogP contribution in [0.15, 0.2) is 48.6 Å². The van der Waals surface area contributed by atoms with Crippen molar-refractivity contribution in [3.05, 3.63) is 48.6 Å². The van der Waals surface area contributed by atoms with E-state index in [-0.39, 0.29) is 32.2 Å². The van der Waals surface area contributed by atoms with Gasteiger partial charge in [0.25, 0.3) is 6.29 Å². The molecule has 0 aromatic heterocycles. The molecule has 0 radical (unpaired) electrons. The molecule has 0 rings (SSSR count). The van der Waals surface area contributed by atoms with Gasteiger partial charge in [0, 0.05) is 12.8 Å². The van der Waals surface area contributed by atoms with Gasteiger partial charge in [-0.1, -0.05) is 223 Å². The third kappa shape index (κ3) is 49.2. The number of esters is 2. The number of allylic oxidation sites excluding steroid dienone is 8. The molecule has 0 heterocycles. The summed E-state index contributed by atoms with van der Waals surface area (Å²) in [6.45, 7) is 4.73. The lowest BCUT2D eigenvalue weighted by atomic mass is 10.0. The van der Waals surface area contributed by atoms with Gasteiger partial charge >= 0.3 is 17.9 Å². The van der Waals surface area contributed by atoms with E-state index >= 15 is 0 Å². The van der Waals surface area contributed by atoms with Crippen molar-refractivity contribution in [2.45, 2.75) is 251 Å². The van der Waals surface area contributed by atoms with Crippen molar-refractivity contribution in [2.24, 2.45) is 0 Å². The van der Waals surface area contributed by atoms with Gasteiger partial charge in [0.15, 0.2) is 6.10 Å². The van der Waals surface area contributed by atoms with E-state index in [4.69, 9.17) is 18.9 Å². The fraction of sp³-hybridized carbons (Fsp3) is 0.807. The van der Waals surface area contributed by atoms with Crippen molar-refractivity contribution < 1.29 is 42.9 Å². The molecule has 0 bridgehead atoms. The maximum atomic E-state index is 12.8. The number of quaternary nitrogens is 1. The lowest BCUT2D eigenvalue weighted by Crippen LogP contribution is -2.40. The first-order valence-electron chi connectivity index (χ1n) is 27.3. The van der Waals surface area contributed by atoms with Gasteiger partial charge < -0.3 is 28.5 Å². The molecule has 2 unspecified atom stereocenters. The highest BCUT2D eigenvalue weighted by Crippen LogP contribution is 2.17. The number of hydrogen-bond donors (Lipinski definition) is 1. The molecule has 0 aliphatic carbocycles. The zero-order chi connectivity index (χ0) is 48.4. The van der Waals surface area contributed by atoms with Gasteiger partial charge in [-0.2, -0.15) is 0 Å². The molecule has 9 heteroatoms. The monoisotopic (exact) mass is 931 g/mol. The fourth-order valence-corrected chi connectivity index (χ4v) is 7.65. The van der Waals surface area contributed by atoms with E-state index < -0.39 is 24.3 Å². The largest absolute Gasteiger partial charge is 0.477 e. The molecule has 0 aliphatic rings. The molecule has 0 aromatic rings. The highest BCUT2D eigenvalue weighted by Gasteiger charge is 2.25. The van der Waals surface area contributed by atoms with Gasteiger partial charge in [-0.15, -0.1) is 0 Å². The molecule has 1 N–H and O–H groups in total. The molecule has 0 aromatic carbocycles. The van der Waals surface area contributed by atoms with E-state index in [1.54, 1.807) is 0 Å². The molecule has 9 nitrogen and oxygen atoms in total. The summed E-state index contributed by atoms with van der Waals surface area (Å²) >= 11 is 0. The highest BCUT2D eigenvalue weighted by molar-refractivity contribution is 5.71. The Hall–Kier alpha value is -2.75. The molecule has 0 amide bonds. The number of carbonyl (C=O) groups is 3. The van der Waals surface area contributed by atoms with Crippen LogP contribution in [0.1, 0.15) is 239 Å². The van der Waals surface area contributed by atoms with Crippen LogP contribution in [-0.2, 0) is 33.3 Å². The van der Waals surface area contributed by atoms with E-state index in [9.17, 15) is 19.5 Å². The van der Waals surface area contributed by atoms with Gasteiger partial charge in [0.1, 0.15) is 13.2 Å². The van der Waals surface area contributed by atoms with E-state index in [0.29, 0.717) is 23.9 Å². The smallest absolute Gasteiger partial charge is 0.361 e. The predicted octanol–water partition coefficient (Wildman–Crippen LogP) is 15.5. The van der Waals surface area contributed by atoms with Crippen LogP contribution in [-0.4, -0.2) is 87.4 Å². The number of ether oxygens (including phenoxy) is 4. The number of nitrogens with zero attached hydrogens (tertiary/aromatic N) is 1. The molecule has 0 fully saturated rings. The van der Waals surface area contributed by atoms with Gasteiger partial charge in [-0.25, -0.2) is 4.79 Å². The van der Waals surface area contributed by atoms with Crippen LogP contribution in [0.4, 0.5) is 0 Å². The van der Waals surface area contributed by atoms with Crippen LogP contribution >= 0.6 is 0 Å². The Labute approximate surface area is 406 Å². The predicted molar refractivity (Wildman–Crippen MR) is 277 cm³/mol. The van der Waals surface area contributed by atoms with Gasteiger partial charge in [-0.3, -0.25) is 9.59 Å². The van der Waals surface area contributed by atoms with Crippen molar-refractivity contribution in [1.29, 1.82) is 0 Å². The van der Waals surface area contributed by atoms with Gasteiger partial charge in [0.2, 0.25) is 0 Å². The molecule has 0 spiro atoms. The quantitative estimate of drug-likeness (QED) is 0.0211. The lowest BCUT2D eigenvalue weighted by Gasteiger charge is -2.25. The fourth-order valence-electron chi connectivity index (χ4n) is 7.65. The second-order valence-corrected chi connectivity index (χ2v) is 19.5. The highest BCUT2D eigenvalue weighted by atomic mass is 16.7. The SMILES string of the molecule is CC/C=C\C/C=C\C/C=C\C/C=C\CCCCC(=O)OC(COC(=O)CCCCCCCCCCCCCCCCCCCCCCCCCCCC)COC(OCC[N+](C)(C)C)C(=O)O. The maximum Gasteiger partial charge on any atom is 0.361 e. The Morgan fingerprint density at radius 1 is 0.470 bits per heavy atom. The Bertz CT molecular complexity index is 1220. The number of unbranched alkanes of at least 4 members (excludes halogenated alkanes) is 27. The summed E-state index contributed by atoms with van der Waals surface area (Å²) in [4.78, 5) is 37.3. The Morgan fingerprint density at radius 3 is 1.29 bits per heavy atom. The summed E-state index contributed by atoms with van der Waals surface area (Å²) in [6, 6.07) is 0. The lowest BCUT2D eigenvalue weighted by molar-refractivity contribution is -0.870. The van der Waals surface area contributed by atoms with E-state index in [1.807, 2.05) is 21.1 Å². The van der Waals surface area contributed by atoms with Gasteiger partial charge in [-0.05, 0) is 51.4 Å². The number of likely N-dealkylation sites (N-methyl/N-ethyl adjacent to an activating group) is 1. The average molecular weight is 931 g/mol. The number of carbonyl (C=O) groups excluding carboxylic acids is 2. The first-order chi connectivity index (χ1) is 32.1. The summed E-state index contributed by atoms with van der Waals surface area (Å²) in [5, 5.41) is 9.67. The number of hydrogen-bond acceptors (Lipinski definition) is 7. The first kappa shape index (κ1) is 63.2. The molecule has 0 saturated heterocycles. The first-order valence-corrected chi connectivity index (χ1v) is 27.3. The Morgan fingerprint density at radius 2 is 0.864 bits per heavy atom. The summed E-state index contributed by atoms with van der Waals surface area (Å²) in [5.41, 5.74) is 0. The van der Waals surface area contributed by atoms with Crippen LogP contribution in [0, 0.1) is 0 Å². The number of carboxylic acid groups (broad SMARTS) is 1. The molecule has 0 aliphatic heterocycles. The minimum Gasteiger partial charge on any atom is -0.477 e. The van der Waals surface area contributed by atoms with Crippen molar-refractivity contribution in [2.75, 3.05) is 47.5 Å². The molecule has 66 heavy (non-hydrogen) atoms. The number of aliphatic carboxylic acids is 1. The van der Waals surface area contributed by atoms with Crippen LogP contribution in [0.2, 0.25) is 0 Å². The van der Waals surface area contributed by atoms with Crippen molar-refractivity contribution >= 4 is 17.9 Å². The normalized spacial score (nSPS) is 13.2. The van der Waals surface area contributed by atoms with Crippen LogP contribution in [0.5, 0.6) is 0 Å². The van der Waals surface area contributed by atoms with Crippen molar-refractivity contribution in [3.63, 3.8) is 0 Å². The minimum atomic E-state index is -1.52. The minimum absolute atomic E-state index is 0.179. The number of rotatable bonds is 50. The Kier molecular flexibility index (Phi) is 46.7. The summed E-state index contributed by atoms with van der Waals surface area (Å²) in [5.74, 6) is -2.06. The molecule has 384 valence electrons. The summed E-state index contributed by atoms with van der Waals surface area (Å²) in [7, 11) is 5.95. The summed E-state index contributed by atoms with van der Waals surface area (Å²) < 4.78 is 22.8. The van der Waals surface area contributed by atoms with Crippen LogP contribution in [0.3, 0.4) is 0 Å². The van der Waals surface area contributed by atoms with E-state index in [2.05, 4.69) is 62.5 Å². The second-order valence-electron chi connectivity index (χ2n) is 19.5. The summed E-state index contributed by atoms with van der Waals surface area (Å²) in [6.07, 6.45) is 56.3. The van der Waals surface area contributed by atoms with Gasteiger partial charge in [0.05, 0.1) is 34.4 Å². The second kappa shape index (κ2) is 48.7. The Balaban J connectivity index is 4.22. The molecule has 0 saturated carbocycles. The van der Waals surface area contributed by atoms with Crippen LogP contribution < -0.4 is 0 Å². The zero-order valence-electron chi connectivity index (χ0n) is 43.6. The third-order valence-corrected chi connectivity index (χ3v) is 11.8. The zero-order valence-corrected chi connectivity index (χ0v) is 43.6. The maximum absolute atomic E-state index is 12.8.